The number of hydrogen-bond donors (Lipinski definition) is 0. The maximum atomic E-state index is 11.6. The van der Waals surface area contributed by atoms with Crippen molar-refractivity contribution in [2.24, 2.45) is 11.3 Å². The van der Waals surface area contributed by atoms with Gasteiger partial charge < -0.3 is 4.79 Å². The van der Waals surface area contributed by atoms with E-state index in [9.17, 15) is 4.79 Å². The van der Waals surface area contributed by atoms with Crippen LogP contribution in [0.3, 0.4) is 0 Å². The minimum atomic E-state index is -0.134. The first-order chi connectivity index (χ1) is 9.53. The van der Waals surface area contributed by atoms with E-state index < -0.39 is 0 Å². The Hall–Kier alpha value is -1.22. The van der Waals surface area contributed by atoms with Gasteiger partial charge in [0.1, 0.15) is 6.29 Å². The third-order valence-electron chi connectivity index (χ3n) is 4.48. The molecule has 1 aliphatic carbocycles. The van der Waals surface area contributed by atoms with Crippen LogP contribution >= 0.6 is 0 Å². The standard InChI is InChI=1S/C17H26N2O/c1-14-7-9-17(13-20,10-8-14)12-19(3)11-16-6-4-5-15(2)18-16/h4-6,13-14H,7-12H2,1-3H3. The molecule has 3 nitrogen and oxygen atoms in total. The molecule has 0 atom stereocenters. The molecule has 3 heteroatoms. The van der Waals surface area contributed by atoms with Gasteiger partial charge in [-0.1, -0.05) is 13.0 Å². The van der Waals surface area contributed by atoms with Gasteiger partial charge in [0.15, 0.2) is 0 Å². The molecule has 0 radical (unpaired) electrons. The quantitative estimate of drug-likeness (QED) is 0.773. The van der Waals surface area contributed by atoms with E-state index in [4.69, 9.17) is 0 Å². The molecule has 1 heterocycles. The van der Waals surface area contributed by atoms with Gasteiger partial charge in [-0.15, -0.1) is 0 Å². The molecule has 110 valence electrons. The van der Waals surface area contributed by atoms with E-state index in [1.807, 2.05) is 19.1 Å². The van der Waals surface area contributed by atoms with Crippen LogP contribution in [0.5, 0.6) is 0 Å². The first-order valence-electron chi connectivity index (χ1n) is 7.60. The Morgan fingerprint density at radius 1 is 1.40 bits per heavy atom. The molecule has 0 amide bonds. The van der Waals surface area contributed by atoms with Gasteiger partial charge in [0.2, 0.25) is 0 Å². The van der Waals surface area contributed by atoms with Crippen molar-refractivity contribution >= 4 is 6.29 Å². The van der Waals surface area contributed by atoms with Crippen molar-refractivity contribution in [3.05, 3.63) is 29.6 Å². The molecule has 2 rings (SSSR count). The van der Waals surface area contributed by atoms with Crippen LogP contribution in [0.2, 0.25) is 0 Å². The number of aldehydes is 1. The fourth-order valence-corrected chi connectivity index (χ4v) is 3.21. The molecule has 1 fully saturated rings. The summed E-state index contributed by atoms with van der Waals surface area (Å²) in [5.74, 6) is 0.770. The summed E-state index contributed by atoms with van der Waals surface area (Å²) < 4.78 is 0. The van der Waals surface area contributed by atoms with E-state index in [0.717, 1.165) is 43.2 Å². The predicted molar refractivity (Wildman–Crippen MR) is 81.4 cm³/mol. The highest BCUT2D eigenvalue weighted by Gasteiger charge is 2.34. The van der Waals surface area contributed by atoms with Gasteiger partial charge >= 0.3 is 0 Å². The highest BCUT2D eigenvalue weighted by Crippen LogP contribution is 2.37. The second-order valence-corrected chi connectivity index (χ2v) is 6.61. The van der Waals surface area contributed by atoms with Gasteiger partial charge in [-0.2, -0.15) is 0 Å². The largest absolute Gasteiger partial charge is 0.303 e. The summed E-state index contributed by atoms with van der Waals surface area (Å²) in [7, 11) is 2.09. The minimum absolute atomic E-state index is 0.134. The molecule has 0 aliphatic heterocycles. The topological polar surface area (TPSA) is 33.2 Å². The molecule has 0 N–H and O–H groups in total. The van der Waals surface area contributed by atoms with Crippen LogP contribution < -0.4 is 0 Å². The molecule has 1 saturated carbocycles. The molecule has 1 aromatic rings. The van der Waals surface area contributed by atoms with Crippen molar-refractivity contribution < 1.29 is 4.79 Å². The number of nitrogens with zero attached hydrogens (tertiary/aromatic N) is 2. The van der Waals surface area contributed by atoms with Crippen molar-refractivity contribution in [3.63, 3.8) is 0 Å². The maximum absolute atomic E-state index is 11.6. The number of carbonyl (C=O) groups is 1. The van der Waals surface area contributed by atoms with Crippen LogP contribution in [0.15, 0.2) is 18.2 Å². The van der Waals surface area contributed by atoms with E-state index in [2.05, 4.69) is 29.9 Å². The predicted octanol–water partition coefficient (Wildman–Crippen LogP) is 3.22. The summed E-state index contributed by atoms with van der Waals surface area (Å²) in [5, 5.41) is 0. The number of carbonyl (C=O) groups excluding carboxylic acids is 1. The molecule has 1 aliphatic rings. The third kappa shape index (κ3) is 3.89. The summed E-state index contributed by atoms with van der Waals surface area (Å²) >= 11 is 0. The number of aryl methyl sites for hydroxylation is 1. The summed E-state index contributed by atoms with van der Waals surface area (Å²) in [6.45, 7) is 5.96. The van der Waals surface area contributed by atoms with Gasteiger partial charge in [0.25, 0.3) is 0 Å². The normalized spacial score (nSPS) is 26.7. The van der Waals surface area contributed by atoms with Crippen molar-refractivity contribution in [2.75, 3.05) is 13.6 Å². The lowest BCUT2D eigenvalue weighted by molar-refractivity contribution is -0.119. The van der Waals surface area contributed by atoms with Crippen molar-refractivity contribution in [2.45, 2.75) is 46.1 Å². The maximum Gasteiger partial charge on any atom is 0.127 e. The van der Waals surface area contributed by atoms with E-state index in [-0.39, 0.29) is 5.41 Å². The number of hydrogen-bond acceptors (Lipinski definition) is 3. The fourth-order valence-electron chi connectivity index (χ4n) is 3.21. The Labute approximate surface area is 122 Å². The van der Waals surface area contributed by atoms with Crippen LogP contribution in [-0.2, 0) is 11.3 Å². The zero-order valence-corrected chi connectivity index (χ0v) is 12.9. The second-order valence-electron chi connectivity index (χ2n) is 6.61. The second kappa shape index (κ2) is 6.49. The molecular formula is C17H26N2O. The number of rotatable bonds is 5. The van der Waals surface area contributed by atoms with Crippen molar-refractivity contribution in [1.29, 1.82) is 0 Å². The van der Waals surface area contributed by atoms with Crippen LogP contribution in [0, 0.1) is 18.3 Å². The number of pyridine rings is 1. The first-order valence-corrected chi connectivity index (χ1v) is 7.60. The molecule has 0 unspecified atom stereocenters. The van der Waals surface area contributed by atoms with Gasteiger partial charge in [-0.3, -0.25) is 9.88 Å². The van der Waals surface area contributed by atoms with E-state index >= 15 is 0 Å². The highest BCUT2D eigenvalue weighted by molar-refractivity contribution is 5.60. The van der Waals surface area contributed by atoms with Crippen molar-refractivity contribution in [3.8, 4) is 0 Å². The monoisotopic (exact) mass is 274 g/mol. The summed E-state index contributed by atoms with van der Waals surface area (Å²) in [5.41, 5.74) is 2.00. The van der Waals surface area contributed by atoms with E-state index in [0.29, 0.717) is 0 Å². The number of aromatic nitrogens is 1. The van der Waals surface area contributed by atoms with Crippen LogP contribution in [0.25, 0.3) is 0 Å². The average Bonchev–Trinajstić information content (AvgIpc) is 2.41. The van der Waals surface area contributed by atoms with Crippen LogP contribution in [0.4, 0.5) is 0 Å². The van der Waals surface area contributed by atoms with E-state index in [1.165, 1.54) is 19.1 Å². The Balaban J connectivity index is 1.95. The van der Waals surface area contributed by atoms with Crippen LogP contribution in [-0.4, -0.2) is 29.8 Å². The van der Waals surface area contributed by atoms with Gasteiger partial charge in [-0.05, 0) is 57.7 Å². The Kier molecular flexibility index (Phi) is 4.92. The van der Waals surface area contributed by atoms with Crippen LogP contribution in [0.1, 0.15) is 44.0 Å². The SMILES string of the molecule is Cc1cccc(CN(C)CC2(C=O)CCC(C)CC2)n1. The third-order valence-corrected chi connectivity index (χ3v) is 4.48. The summed E-state index contributed by atoms with van der Waals surface area (Å²) in [6.07, 6.45) is 5.62. The molecule has 0 saturated heterocycles. The molecular weight excluding hydrogens is 248 g/mol. The Morgan fingerprint density at radius 2 is 2.10 bits per heavy atom. The lowest BCUT2D eigenvalue weighted by atomic mass is 9.71. The van der Waals surface area contributed by atoms with Gasteiger partial charge in [0.05, 0.1) is 5.69 Å². The highest BCUT2D eigenvalue weighted by atomic mass is 16.1. The van der Waals surface area contributed by atoms with E-state index in [1.54, 1.807) is 0 Å². The molecule has 0 spiro atoms. The molecule has 20 heavy (non-hydrogen) atoms. The average molecular weight is 274 g/mol. The first kappa shape index (κ1) is 15.2. The smallest absolute Gasteiger partial charge is 0.127 e. The molecule has 0 bridgehead atoms. The van der Waals surface area contributed by atoms with Gasteiger partial charge in [0, 0.05) is 24.2 Å². The Morgan fingerprint density at radius 3 is 2.70 bits per heavy atom. The minimum Gasteiger partial charge on any atom is -0.303 e. The molecule has 1 aromatic heterocycles. The lowest BCUT2D eigenvalue weighted by Crippen LogP contribution is -2.39. The zero-order valence-electron chi connectivity index (χ0n) is 12.9. The summed E-state index contributed by atoms with van der Waals surface area (Å²) in [6, 6.07) is 6.11. The van der Waals surface area contributed by atoms with Crippen molar-refractivity contribution in [1.82, 2.24) is 9.88 Å². The lowest BCUT2D eigenvalue weighted by Gasteiger charge is -2.37. The fraction of sp³-hybridized carbons (Fsp3) is 0.647. The zero-order chi connectivity index (χ0) is 14.6. The molecule has 0 aromatic carbocycles. The van der Waals surface area contributed by atoms with Gasteiger partial charge in [-0.25, -0.2) is 0 Å². The summed E-state index contributed by atoms with van der Waals surface area (Å²) in [4.78, 5) is 18.4. The Bertz CT molecular complexity index is 450.